The average molecular weight is 597 g/mol. The molecule has 9 nitrogen and oxygen atoms in total. The van der Waals surface area contributed by atoms with Gasteiger partial charge in [-0.15, -0.1) is 0 Å². The van der Waals surface area contributed by atoms with Crippen LogP contribution in [0.2, 0.25) is 0 Å². The van der Waals surface area contributed by atoms with Gasteiger partial charge in [0, 0.05) is 24.4 Å². The number of nitrogens with zero attached hydrogens (tertiary/aromatic N) is 3. The van der Waals surface area contributed by atoms with Gasteiger partial charge in [-0.1, -0.05) is 12.2 Å². The fourth-order valence-electron chi connectivity index (χ4n) is 5.19. The second-order valence-corrected chi connectivity index (χ2v) is 11.5. The molecule has 0 unspecified atom stereocenters. The fourth-order valence-corrected chi connectivity index (χ4v) is 5.19. The molecule has 230 valence electrons. The lowest BCUT2D eigenvalue weighted by atomic mass is 9.92. The second kappa shape index (κ2) is 13.9. The first-order valence-electron chi connectivity index (χ1n) is 14.3. The molecule has 11 heteroatoms. The topological polar surface area (TPSA) is 117 Å². The minimum atomic E-state index is -0.783. The zero-order chi connectivity index (χ0) is 31.1. The van der Waals surface area contributed by atoms with Gasteiger partial charge in [-0.3, -0.25) is 14.7 Å². The molecule has 4 rings (SSSR count). The Balaban J connectivity index is 1.52. The van der Waals surface area contributed by atoms with Crippen LogP contribution in [0.5, 0.6) is 5.88 Å². The summed E-state index contributed by atoms with van der Waals surface area (Å²) < 4.78 is 45.2. The molecule has 0 spiro atoms. The average Bonchev–Trinajstić information content (AvgIpc) is 2.94. The van der Waals surface area contributed by atoms with Gasteiger partial charge < -0.3 is 19.9 Å². The van der Waals surface area contributed by atoms with Crippen LogP contribution in [0.15, 0.2) is 48.7 Å². The summed E-state index contributed by atoms with van der Waals surface area (Å²) in [6.07, 6.45) is 5.54. The van der Waals surface area contributed by atoms with E-state index in [1.54, 1.807) is 46.2 Å². The van der Waals surface area contributed by atoms with E-state index in [0.29, 0.717) is 31.6 Å². The zero-order valence-electron chi connectivity index (χ0n) is 24.9. The fraction of sp³-hybridized carbons (Fsp3) is 0.438. The number of carbonyl (C=O) groups is 2. The van der Waals surface area contributed by atoms with Gasteiger partial charge in [0.25, 0.3) is 0 Å². The summed E-state index contributed by atoms with van der Waals surface area (Å²) in [6.45, 7) is 5.28. The van der Waals surface area contributed by atoms with Crippen LogP contribution >= 0.6 is 0 Å². The minimum absolute atomic E-state index is 0.0231. The molecule has 43 heavy (non-hydrogen) atoms. The van der Waals surface area contributed by atoms with Crippen molar-refractivity contribution in [2.45, 2.75) is 76.7 Å². The molecule has 1 aromatic carbocycles. The Morgan fingerprint density at radius 1 is 1.16 bits per heavy atom. The predicted molar refractivity (Wildman–Crippen MR) is 158 cm³/mol. The van der Waals surface area contributed by atoms with E-state index in [4.69, 9.17) is 19.9 Å². The van der Waals surface area contributed by atoms with E-state index in [9.17, 15) is 18.4 Å². The van der Waals surface area contributed by atoms with Gasteiger partial charge in [0.1, 0.15) is 17.2 Å². The predicted octanol–water partition coefficient (Wildman–Crippen LogP) is 5.59. The Morgan fingerprint density at radius 3 is 2.67 bits per heavy atom. The summed E-state index contributed by atoms with van der Waals surface area (Å²) in [5, 5.41) is 0. The summed E-state index contributed by atoms with van der Waals surface area (Å²) in [6, 6.07) is 8.16. The van der Waals surface area contributed by atoms with Gasteiger partial charge in [0.05, 0.1) is 42.8 Å². The van der Waals surface area contributed by atoms with Gasteiger partial charge in [-0.2, -0.15) is 0 Å². The van der Waals surface area contributed by atoms with Crippen LogP contribution < -0.4 is 10.5 Å². The number of benzene rings is 1. The van der Waals surface area contributed by atoms with Gasteiger partial charge in [-0.25, -0.2) is 18.6 Å². The summed E-state index contributed by atoms with van der Waals surface area (Å²) in [7, 11) is 1.56. The van der Waals surface area contributed by atoms with Crippen LogP contribution in [0.1, 0.15) is 57.6 Å². The third-order valence-electron chi connectivity index (χ3n) is 7.16. The molecule has 0 saturated carbocycles. The van der Waals surface area contributed by atoms with Crippen molar-refractivity contribution in [3.63, 3.8) is 0 Å². The van der Waals surface area contributed by atoms with Crippen LogP contribution in [-0.4, -0.2) is 64.4 Å². The number of halogens is 2. The van der Waals surface area contributed by atoms with E-state index in [0.717, 1.165) is 34.8 Å². The monoisotopic (exact) mass is 596 g/mol. The van der Waals surface area contributed by atoms with Crippen LogP contribution in [0.3, 0.4) is 0 Å². The maximum atomic E-state index is 14.2. The smallest absolute Gasteiger partial charge is 0.410 e. The summed E-state index contributed by atoms with van der Waals surface area (Å²) >= 11 is 0. The number of aromatic nitrogens is 2. The Labute approximate surface area is 250 Å². The number of rotatable bonds is 10. The van der Waals surface area contributed by atoms with Crippen molar-refractivity contribution in [1.29, 1.82) is 0 Å². The van der Waals surface area contributed by atoms with Gasteiger partial charge in [0.15, 0.2) is 0 Å². The molecule has 1 fully saturated rings. The highest BCUT2D eigenvalue weighted by atomic mass is 19.1. The lowest BCUT2D eigenvalue weighted by Crippen LogP contribution is -2.54. The largest absolute Gasteiger partial charge is 0.481 e. The molecule has 1 saturated heterocycles. The number of fused-ring (bicyclic) bond motifs is 1. The summed E-state index contributed by atoms with van der Waals surface area (Å²) in [5.41, 5.74) is 7.37. The maximum Gasteiger partial charge on any atom is 0.410 e. The molecule has 2 N–H and O–H groups in total. The number of ether oxygens (including phenoxy) is 3. The van der Waals surface area contributed by atoms with Crippen molar-refractivity contribution in [3.05, 3.63) is 71.4 Å². The molecule has 0 radical (unpaired) electrons. The van der Waals surface area contributed by atoms with Crippen LogP contribution in [-0.2, 0) is 20.7 Å². The van der Waals surface area contributed by atoms with Crippen molar-refractivity contribution in [2.24, 2.45) is 5.73 Å². The lowest BCUT2D eigenvalue weighted by Gasteiger charge is -2.42. The molecule has 0 bridgehead atoms. The molecule has 1 aliphatic rings. The van der Waals surface area contributed by atoms with Crippen LogP contribution in [0.4, 0.5) is 13.6 Å². The highest BCUT2D eigenvalue weighted by Crippen LogP contribution is 2.30. The van der Waals surface area contributed by atoms with Crippen LogP contribution in [0, 0.1) is 11.6 Å². The number of amides is 2. The molecule has 0 aliphatic carbocycles. The normalized spacial score (nSPS) is 19.0. The molecule has 1 aliphatic heterocycles. The quantitative estimate of drug-likeness (QED) is 0.324. The molecule has 3 aromatic rings. The van der Waals surface area contributed by atoms with E-state index < -0.39 is 41.4 Å². The van der Waals surface area contributed by atoms with Crippen molar-refractivity contribution in [3.8, 4) is 5.88 Å². The molecule has 3 heterocycles. The number of pyridine rings is 2. The van der Waals surface area contributed by atoms with E-state index >= 15 is 0 Å². The number of hydrogen-bond acceptors (Lipinski definition) is 7. The number of carbonyl (C=O) groups excluding carboxylic acids is 2. The first-order chi connectivity index (χ1) is 20.4. The Morgan fingerprint density at radius 2 is 1.95 bits per heavy atom. The third-order valence-corrected chi connectivity index (χ3v) is 7.16. The summed E-state index contributed by atoms with van der Waals surface area (Å²) in [5.74, 6) is -1.23. The zero-order valence-corrected chi connectivity index (χ0v) is 24.9. The van der Waals surface area contributed by atoms with Gasteiger partial charge in [-0.05, 0) is 82.3 Å². The number of nitrogens with two attached hydrogens (primary N) is 1. The van der Waals surface area contributed by atoms with Crippen molar-refractivity contribution >= 4 is 29.1 Å². The molecule has 3 atom stereocenters. The SMILES string of the molecule is COc1ccc2nccc(CC[C@@H]3CC[C@@H](N(C/C=C/c4cc(F)ccc4F)C(=O)OC(C)(C)C)[C@@H](CC(N)=O)O3)c2n1. The van der Waals surface area contributed by atoms with E-state index in [1.165, 1.54) is 11.0 Å². The number of primary amides is 1. The standard InChI is InChI=1S/C32H38F2N4O5/c1-32(2,3)43-31(40)38(17-5-6-21-18-22(33)8-11-24(21)34)26-13-10-23(42-27(26)19-28(35)39)9-7-20-15-16-36-25-12-14-29(41-4)37-30(20)25/h5-6,8,11-12,14-16,18,23,26-27H,7,9-10,13,17,19H2,1-4H3,(H2,35,39)/b6-5+/t23-,26-,27-/m1/s1. The lowest BCUT2D eigenvalue weighted by molar-refractivity contribution is -0.131. The highest BCUT2D eigenvalue weighted by Gasteiger charge is 2.39. The summed E-state index contributed by atoms with van der Waals surface area (Å²) in [4.78, 5) is 35.9. The van der Waals surface area contributed by atoms with Crippen molar-refractivity contribution < 1.29 is 32.6 Å². The highest BCUT2D eigenvalue weighted by molar-refractivity contribution is 5.78. The number of methoxy groups -OCH3 is 1. The molecular weight excluding hydrogens is 558 g/mol. The van der Waals surface area contributed by atoms with Crippen molar-refractivity contribution in [2.75, 3.05) is 13.7 Å². The van der Waals surface area contributed by atoms with Crippen molar-refractivity contribution in [1.82, 2.24) is 14.9 Å². The number of hydrogen-bond donors (Lipinski definition) is 1. The third kappa shape index (κ3) is 8.70. The molecule has 2 amide bonds. The first kappa shape index (κ1) is 31.8. The Bertz CT molecular complexity index is 1480. The van der Waals surface area contributed by atoms with E-state index in [2.05, 4.69) is 9.97 Å². The molecule has 2 aromatic heterocycles. The second-order valence-electron chi connectivity index (χ2n) is 11.5. The Hall–Kier alpha value is -4.12. The van der Waals surface area contributed by atoms with Gasteiger partial charge in [0.2, 0.25) is 11.8 Å². The van der Waals surface area contributed by atoms with E-state index in [-0.39, 0.29) is 24.6 Å². The minimum Gasteiger partial charge on any atom is -0.481 e. The Kier molecular flexibility index (Phi) is 10.3. The number of aryl methyl sites for hydroxylation is 1. The maximum absolute atomic E-state index is 14.2. The first-order valence-corrected chi connectivity index (χ1v) is 14.3. The van der Waals surface area contributed by atoms with Gasteiger partial charge >= 0.3 is 6.09 Å². The van der Waals surface area contributed by atoms with Crippen LogP contribution in [0.25, 0.3) is 17.1 Å². The van der Waals surface area contributed by atoms with E-state index in [1.807, 2.05) is 12.1 Å². The molecular formula is C32H38F2N4O5.